The fourth-order valence-corrected chi connectivity index (χ4v) is 1.55. The lowest BCUT2D eigenvalue weighted by atomic mass is 10.1. The Kier molecular flexibility index (Phi) is 2.33. The molecule has 0 fully saturated rings. The molecule has 72 valence electrons. The van der Waals surface area contributed by atoms with Crippen molar-refractivity contribution >= 4 is 0 Å². The number of aryl methyl sites for hydroxylation is 1. The molecule has 0 aliphatic rings. The summed E-state index contributed by atoms with van der Waals surface area (Å²) in [6.07, 6.45) is 0. The van der Waals surface area contributed by atoms with E-state index in [9.17, 15) is 0 Å². The number of hydrogen-bond donors (Lipinski definition) is 2. The monoisotopic (exact) mass is 187 g/mol. The first-order valence-electron chi connectivity index (χ1n) is 4.62. The molecule has 2 rings (SSSR count). The lowest BCUT2D eigenvalue weighted by Crippen LogP contribution is -1.98. The first-order valence-corrected chi connectivity index (χ1v) is 4.62. The molecule has 14 heavy (non-hydrogen) atoms. The molecule has 2 aromatic rings. The van der Waals surface area contributed by atoms with Gasteiger partial charge in [0.05, 0.1) is 11.4 Å². The third kappa shape index (κ3) is 1.42. The fourth-order valence-electron chi connectivity index (χ4n) is 1.55. The number of aromatic amines is 1. The zero-order chi connectivity index (χ0) is 9.97. The molecule has 0 unspecified atom stereocenters. The highest BCUT2D eigenvalue weighted by Crippen LogP contribution is 2.22. The highest BCUT2D eigenvalue weighted by Gasteiger charge is 2.08. The van der Waals surface area contributed by atoms with E-state index in [0.29, 0.717) is 6.54 Å². The molecule has 1 aromatic carbocycles. The van der Waals surface area contributed by atoms with Crippen LogP contribution >= 0.6 is 0 Å². The molecule has 3 nitrogen and oxygen atoms in total. The van der Waals surface area contributed by atoms with Crippen LogP contribution in [0.15, 0.2) is 30.3 Å². The van der Waals surface area contributed by atoms with Gasteiger partial charge in [0.15, 0.2) is 0 Å². The van der Waals surface area contributed by atoms with Crippen LogP contribution in [0.25, 0.3) is 11.3 Å². The first kappa shape index (κ1) is 8.97. The average Bonchev–Trinajstić information content (AvgIpc) is 2.61. The van der Waals surface area contributed by atoms with Gasteiger partial charge in [-0.1, -0.05) is 30.3 Å². The lowest BCUT2D eigenvalue weighted by molar-refractivity contribution is 1.03. The van der Waals surface area contributed by atoms with Gasteiger partial charge in [0.25, 0.3) is 0 Å². The topological polar surface area (TPSA) is 54.7 Å². The predicted octanol–water partition coefficient (Wildman–Crippen LogP) is 1.84. The molecule has 0 radical (unpaired) electrons. The number of benzene rings is 1. The van der Waals surface area contributed by atoms with Crippen LogP contribution in [0.4, 0.5) is 0 Å². The second-order valence-electron chi connectivity index (χ2n) is 3.23. The largest absolute Gasteiger partial charge is 0.326 e. The van der Waals surface area contributed by atoms with Crippen molar-refractivity contribution in [3.8, 4) is 11.3 Å². The minimum absolute atomic E-state index is 0.520. The molecular weight excluding hydrogens is 174 g/mol. The summed E-state index contributed by atoms with van der Waals surface area (Å²) in [6, 6.07) is 10.1. The number of H-pyrrole nitrogens is 1. The van der Waals surface area contributed by atoms with E-state index < -0.39 is 0 Å². The Hall–Kier alpha value is -1.61. The summed E-state index contributed by atoms with van der Waals surface area (Å²) in [7, 11) is 0. The maximum Gasteiger partial charge on any atom is 0.0697 e. The third-order valence-corrected chi connectivity index (χ3v) is 2.34. The molecule has 0 aliphatic carbocycles. The van der Waals surface area contributed by atoms with Gasteiger partial charge in [-0.2, -0.15) is 5.10 Å². The molecule has 0 saturated carbocycles. The number of nitrogens with zero attached hydrogens (tertiary/aromatic N) is 1. The summed E-state index contributed by atoms with van der Waals surface area (Å²) in [4.78, 5) is 0. The van der Waals surface area contributed by atoms with Crippen molar-refractivity contribution < 1.29 is 0 Å². The summed E-state index contributed by atoms with van der Waals surface area (Å²) in [5.41, 5.74) is 9.91. The highest BCUT2D eigenvalue weighted by molar-refractivity contribution is 5.63. The summed E-state index contributed by atoms with van der Waals surface area (Å²) in [5.74, 6) is 0. The van der Waals surface area contributed by atoms with Crippen LogP contribution < -0.4 is 5.73 Å². The summed E-state index contributed by atoms with van der Waals surface area (Å²) in [5, 5.41) is 7.17. The number of hydrogen-bond acceptors (Lipinski definition) is 2. The van der Waals surface area contributed by atoms with E-state index in [0.717, 1.165) is 22.5 Å². The third-order valence-electron chi connectivity index (χ3n) is 2.34. The Morgan fingerprint density at radius 3 is 2.64 bits per heavy atom. The molecule has 0 amide bonds. The standard InChI is InChI=1S/C11H13N3/c1-8-10(7-12)11(14-13-8)9-5-3-2-4-6-9/h2-6H,7,12H2,1H3,(H,13,14). The van der Waals surface area contributed by atoms with E-state index in [1.54, 1.807) is 0 Å². The quantitative estimate of drug-likeness (QED) is 0.753. The Morgan fingerprint density at radius 1 is 1.29 bits per heavy atom. The Balaban J connectivity index is 2.52. The molecule has 1 aromatic heterocycles. The van der Waals surface area contributed by atoms with Crippen LogP contribution in [0.5, 0.6) is 0 Å². The lowest BCUT2D eigenvalue weighted by Gasteiger charge is -2.00. The van der Waals surface area contributed by atoms with Crippen molar-refractivity contribution in [2.24, 2.45) is 5.73 Å². The van der Waals surface area contributed by atoms with Crippen molar-refractivity contribution in [2.45, 2.75) is 13.5 Å². The van der Waals surface area contributed by atoms with Gasteiger partial charge in [-0.25, -0.2) is 0 Å². The normalized spacial score (nSPS) is 10.4. The summed E-state index contributed by atoms with van der Waals surface area (Å²) in [6.45, 7) is 2.48. The van der Waals surface area contributed by atoms with E-state index in [4.69, 9.17) is 5.73 Å². The smallest absolute Gasteiger partial charge is 0.0697 e. The number of rotatable bonds is 2. The zero-order valence-electron chi connectivity index (χ0n) is 8.12. The summed E-state index contributed by atoms with van der Waals surface area (Å²) < 4.78 is 0. The van der Waals surface area contributed by atoms with Crippen LogP contribution in [0, 0.1) is 6.92 Å². The van der Waals surface area contributed by atoms with E-state index >= 15 is 0 Å². The molecule has 0 bridgehead atoms. The van der Waals surface area contributed by atoms with Crippen LogP contribution in [-0.2, 0) is 6.54 Å². The molecule has 0 atom stereocenters. The molecule has 0 spiro atoms. The molecule has 1 heterocycles. The second kappa shape index (κ2) is 3.64. The summed E-state index contributed by atoms with van der Waals surface area (Å²) >= 11 is 0. The average molecular weight is 187 g/mol. The van der Waals surface area contributed by atoms with Gasteiger partial charge in [0.2, 0.25) is 0 Å². The van der Waals surface area contributed by atoms with Gasteiger partial charge < -0.3 is 5.73 Å². The van der Waals surface area contributed by atoms with Gasteiger partial charge in [-0.05, 0) is 12.5 Å². The van der Waals surface area contributed by atoms with E-state index in [2.05, 4.69) is 10.2 Å². The van der Waals surface area contributed by atoms with Crippen molar-refractivity contribution in [1.29, 1.82) is 0 Å². The molecular formula is C11H13N3. The molecule has 0 saturated heterocycles. The van der Waals surface area contributed by atoms with Gasteiger partial charge in [-0.15, -0.1) is 0 Å². The van der Waals surface area contributed by atoms with E-state index in [-0.39, 0.29) is 0 Å². The molecule has 3 heteroatoms. The van der Waals surface area contributed by atoms with Crippen LogP contribution in [-0.4, -0.2) is 10.2 Å². The van der Waals surface area contributed by atoms with Gasteiger partial charge in [-0.3, -0.25) is 5.10 Å². The zero-order valence-corrected chi connectivity index (χ0v) is 8.12. The van der Waals surface area contributed by atoms with Crippen molar-refractivity contribution in [2.75, 3.05) is 0 Å². The minimum Gasteiger partial charge on any atom is -0.326 e. The van der Waals surface area contributed by atoms with Gasteiger partial charge in [0.1, 0.15) is 0 Å². The van der Waals surface area contributed by atoms with Gasteiger partial charge in [0, 0.05) is 12.1 Å². The van der Waals surface area contributed by atoms with Crippen LogP contribution in [0.1, 0.15) is 11.3 Å². The van der Waals surface area contributed by atoms with Crippen LogP contribution in [0.3, 0.4) is 0 Å². The maximum atomic E-state index is 5.67. The Labute approximate surface area is 83.0 Å². The molecule has 0 aliphatic heterocycles. The van der Waals surface area contributed by atoms with Gasteiger partial charge >= 0.3 is 0 Å². The maximum absolute atomic E-state index is 5.67. The highest BCUT2D eigenvalue weighted by atomic mass is 15.1. The SMILES string of the molecule is Cc1n[nH]c(-c2ccccc2)c1CN. The van der Waals surface area contributed by atoms with Crippen LogP contribution in [0.2, 0.25) is 0 Å². The molecule has 3 N–H and O–H groups in total. The first-order chi connectivity index (χ1) is 6.83. The van der Waals surface area contributed by atoms with E-state index in [1.807, 2.05) is 37.3 Å². The van der Waals surface area contributed by atoms with Crippen molar-refractivity contribution in [3.05, 3.63) is 41.6 Å². The fraction of sp³-hybridized carbons (Fsp3) is 0.182. The number of aromatic nitrogens is 2. The number of nitrogens with two attached hydrogens (primary N) is 1. The predicted molar refractivity (Wildman–Crippen MR) is 56.7 cm³/mol. The number of nitrogens with one attached hydrogen (secondary N) is 1. The Morgan fingerprint density at radius 2 is 2.00 bits per heavy atom. The second-order valence-corrected chi connectivity index (χ2v) is 3.23. The van der Waals surface area contributed by atoms with E-state index in [1.165, 1.54) is 0 Å². The Bertz CT molecular complexity index is 417. The van der Waals surface area contributed by atoms with Crippen molar-refractivity contribution in [1.82, 2.24) is 10.2 Å². The minimum atomic E-state index is 0.520. The van der Waals surface area contributed by atoms with Crippen molar-refractivity contribution in [3.63, 3.8) is 0 Å².